The molecule has 0 aromatic heterocycles. The maximum absolute atomic E-state index is 10.7. The number of phenolic OH excluding ortho intramolecular Hbond substituents is 1. The molecule has 0 fully saturated rings. The third-order valence-electron chi connectivity index (χ3n) is 1.80. The van der Waals surface area contributed by atoms with Gasteiger partial charge in [-0.25, -0.2) is 0 Å². The Morgan fingerprint density at radius 2 is 2.21 bits per heavy atom. The van der Waals surface area contributed by atoms with Crippen LogP contribution in [0.25, 0.3) is 0 Å². The molecule has 1 N–H and O–H groups in total. The third kappa shape index (κ3) is 2.28. The van der Waals surface area contributed by atoms with Crippen LogP contribution in [0.5, 0.6) is 11.5 Å². The highest BCUT2D eigenvalue weighted by Gasteiger charge is 2.09. The average molecular weight is 190 g/mol. The minimum atomic E-state index is -0.455. The van der Waals surface area contributed by atoms with Gasteiger partial charge in [-0.05, 0) is 18.6 Å². The zero-order valence-electron chi connectivity index (χ0n) is 8.20. The van der Waals surface area contributed by atoms with E-state index in [2.05, 4.69) is 0 Å². The number of ether oxygens (including phenoxy) is 1. The van der Waals surface area contributed by atoms with Crippen LogP contribution in [0.1, 0.15) is 18.1 Å². The van der Waals surface area contributed by atoms with E-state index in [-0.39, 0.29) is 11.5 Å². The van der Waals surface area contributed by atoms with Crippen LogP contribution >= 0.6 is 0 Å². The van der Waals surface area contributed by atoms with Crippen molar-refractivity contribution in [3.63, 3.8) is 0 Å². The van der Waals surface area contributed by atoms with Crippen molar-refractivity contribution >= 4 is 13.8 Å². The molecule has 2 radical (unpaired) electrons. The summed E-state index contributed by atoms with van der Waals surface area (Å²) in [5, 5.41) is 9.52. The summed E-state index contributed by atoms with van der Waals surface area (Å²) in [5.74, 6) is -0.306. The first kappa shape index (κ1) is 10.6. The molecule has 4 heteroatoms. The lowest BCUT2D eigenvalue weighted by Crippen LogP contribution is -2.03. The molecule has 0 atom stereocenters. The Hall–Kier alpha value is -1.45. The molecule has 0 saturated heterocycles. The second kappa shape index (κ2) is 4.18. The summed E-state index contributed by atoms with van der Waals surface area (Å²) < 4.78 is 4.85. The highest BCUT2D eigenvalue weighted by molar-refractivity contribution is 6.08. The summed E-state index contributed by atoms with van der Waals surface area (Å²) in [5.41, 5.74) is 1.50. The number of rotatable bonds is 2. The van der Waals surface area contributed by atoms with Crippen LogP contribution in [-0.4, -0.2) is 18.9 Å². The fourth-order valence-electron chi connectivity index (χ4n) is 1.22. The first-order valence-electron chi connectivity index (χ1n) is 4.25. The molecule has 0 amide bonds. The van der Waals surface area contributed by atoms with Gasteiger partial charge in [0, 0.05) is 6.92 Å². The van der Waals surface area contributed by atoms with Crippen LogP contribution in [0.3, 0.4) is 0 Å². The second-order valence-corrected chi connectivity index (χ2v) is 3.06. The van der Waals surface area contributed by atoms with Gasteiger partial charge in [-0.15, -0.1) is 0 Å². The number of esters is 1. The molecule has 1 aromatic rings. The average Bonchev–Trinajstić information content (AvgIpc) is 2.10. The van der Waals surface area contributed by atoms with Gasteiger partial charge in [0.25, 0.3) is 0 Å². The molecule has 1 aromatic carbocycles. The number of aromatic hydroxyl groups is 1. The predicted molar refractivity (Wildman–Crippen MR) is 53.6 cm³/mol. The molecule has 1 rings (SSSR count). The molecule has 0 aliphatic rings. The van der Waals surface area contributed by atoms with Gasteiger partial charge >= 0.3 is 5.97 Å². The molecular weight excluding hydrogens is 179 g/mol. The van der Waals surface area contributed by atoms with Crippen molar-refractivity contribution in [2.45, 2.75) is 20.2 Å². The molecule has 14 heavy (non-hydrogen) atoms. The van der Waals surface area contributed by atoms with Crippen molar-refractivity contribution in [2.24, 2.45) is 0 Å². The van der Waals surface area contributed by atoms with Gasteiger partial charge in [0.05, 0.1) is 7.85 Å². The van der Waals surface area contributed by atoms with Crippen molar-refractivity contribution < 1.29 is 14.6 Å². The minimum absolute atomic E-state index is 0.0550. The van der Waals surface area contributed by atoms with Crippen molar-refractivity contribution in [3.05, 3.63) is 23.3 Å². The van der Waals surface area contributed by atoms with Crippen LogP contribution in [0.2, 0.25) is 0 Å². The van der Waals surface area contributed by atoms with Crippen molar-refractivity contribution in [1.82, 2.24) is 0 Å². The molecule has 0 heterocycles. The molecule has 3 nitrogen and oxygen atoms in total. The normalized spacial score (nSPS) is 9.86. The van der Waals surface area contributed by atoms with E-state index < -0.39 is 5.97 Å². The Kier molecular flexibility index (Phi) is 3.17. The number of aryl methyl sites for hydroxylation is 1. The van der Waals surface area contributed by atoms with Gasteiger partial charge < -0.3 is 9.84 Å². The van der Waals surface area contributed by atoms with Gasteiger partial charge in [0.15, 0.2) is 11.5 Å². The molecule has 0 bridgehead atoms. The Balaban J connectivity index is 3.11. The van der Waals surface area contributed by atoms with E-state index in [1.54, 1.807) is 13.0 Å². The van der Waals surface area contributed by atoms with Gasteiger partial charge in [0.1, 0.15) is 0 Å². The number of hydrogen-bond acceptors (Lipinski definition) is 3. The number of phenols is 1. The SMILES string of the molecule is [B]Cc1cc(C)c(OC(C)=O)c(O)c1. The van der Waals surface area contributed by atoms with Crippen molar-refractivity contribution in [3.8, 4) is 11.5 Å². The quantitative estimate of drug-likeness (QED) is 0.434. The molecule has 0 aliphatic heterocycles. The number of benzene rings is 1. The Labute approximate surface area is 84.1 Å². The zero-order chi connectivity index (χ0) is 10.7. The largest absolute Gasteiger partial charge is 0.504 e. The number of hydrogen-bond donors (Lipinski definition) is 1. The van der Waals surface area contributed by atoms with E-state index in [9.17, 15) is 9.90 Å². The van der Waals surface area contributed by atoms with E-state index in [1.807, 2.05) is 0 Å². The molecule has 0 aliphatic carbocycles. The number of carbonyl (C=O) groups is 1. The van der Waals surface area contributed by atoms with Crippen LogP contribution in [0.15, 0.2) is 12.1 Å². The van der Waals surface area contributed by atoms with Crippen molar-refractivity contribution in [2.75, 3.05) is 0 Å². The Morgan fingerprint density at radius 1 is 1.57 bits per heavy atom. The maximum atomic E-state index is 10.7. The van der Waals surface area contributed by atoms with E-state index >= 15 is 0 Å². The second-order valence-electron chi connectivity index (χ2n) is 3.06. The van der Waals surface area contributed by atoms with E-state index in [4.69, 9.17) is 12.6 Å². The summed E-state index contributed by atoms with van der Waals surface area (Å²) >= 11 is 0. The fourth-order valence-corrected chi connectivity index (χ4v) is 1.22. The molecule has 0 spiro atoms. The highest BCUT2D eigenvalue weighted by atomic mass is 16.5. The predicted octanol–water partition coefficient (Wildman–Crippen LogP) is 1.29. The van der Waals surface area contributed by atoms with Gasteiger partial charge in [-0.2, -0.15) is 0 Å². The summed E-state index contributed by atoms with van der Waals surface area (Å²) in [6.07, 6.45) is 0.342. The fraction of sp³-hybridized carbons (Fsp3) is 0.300. The number of carbonyl (C=O) groups excluding carboxylic acids is 1. The summed E-state index contributed by atoms with van der Waals surface area (Å²) in [4.78, 5) is 10.7. The Bertz CT molecular complexity index is 337. The van der Waals surface area contributed by atoms with E-state index in [0.29, 0.717) is 11.9 Å². The minimum Gasteiger partial charge on any atom is -0.504 e. The van der Waals surface area contributed by atoms with Crippen LogP contribution < -0.4 is 4.74 Å². The third-order valence-corrected chi connectivity index (χ3v) is 1.80. The Morgan fingerprint density at radius 3 is 2.64 bits per heavy atom. The summed E-state index contributed by atoms with van der Waals surface area (Å²) in [7, 11) is 5.42. The van der Waals surface area contributed by atoms with Crippen LogP contribution in [-0.2, 0) is 11.1 Å². The van der Waals surface area contributed by atoms with E-state index in [0.717, 1.165) is 5.56 Å². The lowest BCUT2D eigenvalue weighted by Gasteiger charge is -2.09. The molecule has 72 valence electrons. The maximum Gasteiger partial charge on any atom is 0.308 e. The van der Waals surface area contributed by atoms with Crippen LogP contribution in [0.4, 0.5) is 0 Å². The molecule has 0 unspecified atom stereocenters. The first-order valence-corrected chi connectivity index (χ1v) is 4.25. The van der Waals surface area contributed by atoms with Gasteiger partial charge in [0.2, 0.25) is 0 Å². The lowest BCUT2D eigenvalue weighted by molar-refractivity contribution is -0.132. The molecule has 0 saturated carbocycles. The lowest BCUT2D eigenvalue weighted by atomic mass is 9.95. The van der Waals surface area contributed by atoms with E-state index in [1.165, 1.54) is 13.0 Å². The monoisotopic (exact) mass is 190 g/mol. The first-order chi connectivity index (χ1) is 6.54. The molecular formula is C10H11BO3. The smallest absolute Gasteiger partial charge is 0.308 e. The zero-order valence-corrected chi connectivity index (χ0v) is 8.20. The standard InChI is InChI=1S/C10H11BO3/c1-6-3-8(5-11)4-9(13)10(6)14-7(2)12/h3-4,13H,5H2,1-2H3. The van der Waals surface area contributed by atoms with Crippen LogP contribution in [0, 0.1) is 6.92 Å². The van der Waals surface area contributed by atoms with Gasteiger partial charge in [-0.3, -0.25) is 4.79 Å². The topological polar surface area (TPSA) is 46.5 Å². The summed E-state index contributed by atoms with van der Waals surface area (Å²) in [6, 6.07) is 3.27. The highest BCUT2D eigenvalue weighted by Crippen LogP contribution is 2.31. The van der Waals surface area contributed by atoms with Crippen molar-refractivity contribution in [1.29, 1.82) is 0 Å². The summed E-state index contributed by atoms with van der Waals surface area (Å²) in [6.45, 7) is 3.03. The van der Waals surface area contributed by atoms with Gasteiger partial charge in [-0.1, -0.05) is 17.9 Å².